The summed E-state index contributed by atoms with van der Waals surface area (Å²) in [7, 11) is 0. The van der Waals surface area contributed by atoms with Crippen molar-refractivity contribution >= 4 is 12.0 Å². The maximum Gasteiger partial charge on any atom is 0.407 e. The normalized spacial score (nSPS) is 19.0. The summed E-state index contributed by atoms with van der Waals surface area (Å²) in [6.45, 7) is 3.85. The summed E-state index contributed by atoms with van der Waals surface area (Å²) in [6, 6.07) is 9.07. The maximum absolute atomic E-state index is 11.9. The van der Waals surface area contributed by atoms with Crippen LogP contribution in [0.25, 0.3) is 0 Å². The lowest BCUT2D eigenvalue weighted by Crippen LogP contribution is -2.48. The minimum Gasteiger partial charge on any atom is -0.445 e. The average Bonchev–Trinajstić information content (AvgIpc) is 2.58. The highest BCUT2D eigenvalue weighted by molar-refractivity contribution is 5.81. The first-order valence-corrected chi connectivity index (χ1v) is 8.05. The van der Waals surface area contributed by atoms with Crippen LogP contribution < -0.4 is 11.1 Å². The number of nitrogens with two attached hydrogens (primary N) is 1. The van der Waals surface area contributed by atoms with Gasteiger partial charge in [-0.15, -0.1) is 0 Å². The predicted octanol–water partition coefficient (Wildman–Crippen LogP) is 1.50. The number of nitrogens with zero attached hydrogens (tertiary/aromatic N) is 1. The van der Waals surface area contributed by atoms with Gasteiger partial charge in [-0.1, -0.05) is 30.3 Å². The lowest BCUT2D eigenvalue weighted by molar-refractivity contribution is -0.133. The molecule has 1 fully saturated rings. The minimum atomic E-state index is -0.474. The van der Waals surface area contributed by atoms with Gasteiger partial charge in [0.05, 0.1) is 6.04 Å². The van der Waals surface area contributed by atoms with Crippen molar-refractivity contribution < 1.29 is 14.3 Å². The highest BCUT2D eigenvalue weighted by Gasteiger charge is 2.25. The van der Waals surface area contributed by atoms with Crippen LogP contribution in [-0.4, -0.2) is 42.6 Å². The largest absolute Gasteiger partial charge is 0.445 e. The standard InChI is InChI=1S/C17H25N3O3/c1-13(18)16(21)20-9-5-8-15(11-20)10-19-17(22)23-12-14-6-3-2-4-7-14/h2-4,6-7,13,15H,5,8-12,18H2,1H3,(H,19,22)/t13-,15+/m0/s1. The maximum atomic E-state index is 11.9. The van der Waals surface area contributed by atoms with Crippen LogP contribution in [-0.2, 0) is 16.1 Å². The highest BCUT2D eigenvalue weighted by atomic mass is 16.5. The molecule has 126 valence electrons. The minimum absolute atomic E-state index is 0.0265. The Hall–Kier alpha value is -2.08. The quantitative estimate of drug-likeness (QED) is 0.861. The van der Waals surface area contributed by atoms with Crippen molar-refractivity contribution in [2.24, 2.45) is 11.7 Å². The van der Waals surface area contributed by atoms with Crippen LogP contribution in [0.5, 0.6) is 0 Å². The summed E-state index contributed by atoms with van der Waals surface area (Å²) >= 11 is 0. The molecule has 0 bridgehead atoms. The van der Waals surface area contributed by atoms with E-state index in [4.69, 9.17) is 10.5 Å². The Morgan fingerprint density at radius 1 is 1.39 bits per heavy atom. The third kappa shape index (κ3) is 5.56. The van der Waals surface area contributed by atoms with Crippen molar-refractivity contribution in [3.63, 3.8) is 0 Å². The number of likely N-dealkylation sites (tertiary alicyclic amines) is 1. The van der Waals surface area contributed by atoms with Crippen molar-refractivity contribution in [2.75, 3.05) is 19.6 Å². The molecule has 2 amide bonds. The predicted molar refractivity (Wildman–Crippen MR) is 87.6 cm³/mol. The van der Waals surface area contributed by atoms with Gasteiger partial charge in [-0.3, -0.25) is 4.79 Å². The number of hydrogen-bond acceptors (Lipinski definition) is 4. The fraction of sp³-hybridized carbons (Fsp3) is 0.529. The second kappa shape index (κ2) is 8.53. The molecule has 0 unspecified atom stereocenters. The Labute approximate surface area is 137 Å². The molecule has 23 heavy (non-hydrogen) atoms. The van der Waals surface area contributed by atoms with E-state index in [-0.39, 0.29) is 18.4 Å². The molecule has 0 radical (unpaired) electrons. The fourth-order valence-electron chi connectivity index (χ4n) is 2.72. The molecule has 0 spiro atoms. The molecular weight excluding hydrogens is 294 g/mol. The second-order valence-electron chi connectivity index (χ2n) is 6.02. The van der Waals surface area contributed by atoms with Crippen LogP contribution in [0.1, 0.15) is 25.3 Å². The summed E-state index contributed by atoms with van der Waals surface area (Å²) in [4.78, 5) is 25.5. The monoisotopic (exact) mass is 319 g/mol. The van der Waals surface area contributed by atoms with Crippen molar-refractivity contribution in [1.29, 1.82) is 0 Å². The smallest absolute Gasteiger partial charge is 0.407 e. The van der Waals surface area contributed by atoms with E-state index in [2.05, 4.69) is 5.32 Å². The molecule has 1 aromatic rings. The first-order valence-electron chi connectivity index (χ1n) is 8.05. The molecule has 2 rings (SSSR count). The van der Waals surface area contributed by atoms with Crippen LogP contribution in [0.15, 0.2) is 30.3 Å². The van der Waals surface area contributed by atoms with E-state index >= 15 is 0 Å². The van der Waals surface area contributed by atoms with E-state index in [9.17, 15) is 9.59 Å². The topological polar surface area (TPSA) is 84.7 Å². The van der Waals surface area contributed by atoms with Crippen molar-refractivity contribution in [3.8, 4) is 0 Å². The highest BCUT2D eigenvalue weighted by Crippen LogP contribution is 2.16. The fourth-order valence-corrected chi connectivity index (χ4v) is 2.72. The third-order valence-electron chi connectivity index (χ3n) is 3.97. The van der Waals surface area contributed by atoms with Crippen LogP contribution >= 0.6 is 0 Å². The van der Waals surface area contributed by atoms with E-state index in [1.54, 1.807) is 11.8 Å². The van der Waals surface area contributed by atoms with Crippen LogP contribution in [0, 0.1) is 5.92 Å². The van der Waals surface area contributed by atoms with Gasteiger partial charge in [0, 0.05) is 19.6 Å². The number of nitrogens with one attached hydrogen (secondary N) is 1. The molecule has 1 aliphatic rings. The summed E-state index contributed by atoms with van der Waals surface area (Å²) in [5.41, 5.74) is 6.60. The van der Waals surface area contributed by atoms with Crippen LogP contribution in [0.2, 0.25) is 0 Å². The summed E-state index contributed by atoms with van der Waals surface area (Å²) < 4.78 is 5.18. The molecule has 2 atom stereocenters. The average molecular weight is 319 g/mol. The molecular formula is C17H25N3O3. The lowest BCUT2D eigenvalue weighted by atomic mass is 9.97. The molecule has 6 nitrogen and oxygen atoms in total. The number of amides is 2. The molecule has 6 heteroatoms. The molecule has 1 aromatic carbocycles. The van der Waals surface area contributed by atoms with Crippen LogP contribution in [0.3, 0.4) is 0 Å². The van der Waals surface area contributed by atoms with Gasteiger partial charge in [-0.05, 0) is 31.2 Å². The molecule has 1 aliphatic heterocycles. The molecule has 0 aromatic heterocycles. The van der Waals surface area contributed by atoms with Gasteiger partial charge in [0.25, 0.3) is 0 Å². The van der Waals surface area contributed by atoms with Gasteiger partial charge >= 0.3 is 6.09 Å². The zero-order chi connectivity index (χ0) is 16.7. The van der Waals surface area contributed by atoms with E-state index in [1.807, 2.05) is 30.3 Å². The number of hydrogen-bond donors (Lipinski definition) is 2. The van der Waals surface area contributed by atoms with Gasteiger partial charge in [0.15, 0.2) is 0 Å². The van der Waals surface area contributed by atoms with Crippen LogP contribution in [0.4, 0.5) is 4.79 Å². The Balaban J connectivity index is 1.70. The zero-order valence-electron chi connectivity index (χ0n) is 13.5. The number of carbonyl (C=O) groups excluding carboxylic acids is 2. The number of alkyl carbamates (subject to hydrolysis) is 1. The van der Waals surface area contributed by atoms with E-state index < -0.39 is 12.1 Å². The van der Waals surface area contributed by atoms with E-state index in [0.29, 0.717) is 13.1 Å². The third-order valence-corrected chi connectivity index (χ3v) is 3.97. The molecule has 0 aliphatic carbocycles. The number of carbonyl (C=O) groups is 2. The molecule has 1 heterocycles. The molecule has 1 saturated heterocycles. The van der Waals surface area contributed by atoms with Gasteiger partial charge in [-0.2, -0.15) is 0 Å². The van der Waals surface area contributed by atoms with Crippen molar-refractivity contribution in [3.05, 3.63) is 35.9 Å². The first-order chi connectivity index (χ1) is 11.1. The Morgan fingerprint density at radius 3 is 2.83 bits per heavy atom. The van der Waals surface area contributed by atoms with Gasteiger partial charge in [0.2, 0.25) is 5.91 Å². The Kier molecular flexibility index (Phi) is 6.40. The summed E-state index contributed by atoms with van der Waals surface area (Å²) in [5.74, 6) is 0.220. The second-order valence-corrected chi connectivity index (χ2v) is 6.02. The Morgan fingerprint density at radius 2 is 2.13 bits per heavy atom. The SMILES string of the molecule is C[C@H](N)C(=O)N1CCC[C@H](CNC(=O)OCc2ccccc2)C1. The summed E-state index contributed by atoms with van der Waals surface area (Å²) in [6.07, 6.45) is 1.50. The van der Waals surface area contributed by atoms with E-state index in [1.165, 1.54) is 0 Å². The first kappa shape index (κ1) is 17.3. The van der Waals surface area contributed by atoms with Gasteiger partial charge in [0.1, 0.15) is 6.61 Å². The zero-order valence-corrected chi connectivity index (χ0v) is 13.5. The van der Waals surface area contributed by atoms with Gasteiger partial charge < -0.3 is 20.7 Å². The van der Waals surface area contributed by atoms with Gasteiger partial charge in [-0.25, -0.2) is 4.79 Å². The molecule has 3 N–H and O–H groups in total. The number of piperidine rings is 1. The summed E-state index contributed by atoms with van der Waals surface area (Å²) in [5, 5.41) is 2.78. The lowest BCUT2D eigenvalue weighted by Gasteiger charge is -2.33. The van der Waals surface area contributed by atoms with Crippen molar-refractivity contribution in [1.82, 2.24) is 10.2 Å². The van der Waals surface area contributed by atoms with E-state index in [0.717, 1.165) is 24.9 Å². The molecule has 0 saturated carbocycles. The Bertz CT molecular complexity index is 519. The number of benzene rings is 1. The number of rotatable bonds is 5. The number of ether oxygens (including phenoxy) is 1. The van der Waals surface area contributed by atoms with Crippen molar-refractivity contribution in [2.45, 2.75) is 32.4 Å².